The molecule has 0 atom stereocenters. The van der Waals surface area contributed by atoms with Crippen molar-refractivity contribution in [1.82, 2.24) is 0 Å². The van der Waals surface area contributed by atoms with Gasteiger partial charge in [-0.05, 0) is 62.2 Å². The maximum Gasteiger partial charge on any atom is 0.338 e. The van der Waals surface area contributed by atoms with E-state index in [1.807, 2.05) is 0 Å². The van der Waals surface area contributed by atoms with Gasteiger partial charge in [-0.15, -0.1) is 0 Å². The molecule has 1 aliphatic carbocycles. The van der Waals surface area contributed by atoms with Gasteiger partial charge in [0.05, 0.1) is 12.2 Å². The van der Waals surface area contributed by atoms with Gasteiger partial charge in [0.15, 0.2) is 0 Å². The lowest BCUT2D eigenvalue weighted by Gasteiger charge is -2.16. The van der Waals surface area contributed by atoms with E-state index >= 15 is 0 Å². The topological polar surface area (TPSA) is 84.5 Å². The number of amides is 2. The molecule has 7 heteroatoms. The molecule has 27 heavy (non-hydrogen) atoms. The van der Waals surface area contributed by atoms with Crippen LogP contribution >= 0.6 is 11.6 Å². The van der Waals surface area contributed by atoms with Crippen molar-refractivity contribution in [2.24, 2.45) is 5.41 Å². The molecule has 2 aromatic carbocycles. The largest absolute Gasteiger partial charge is 0.462 e. The average Bonchev–Trinajstić information content (AvgIpc) is 3.44. The molecule has 0 heterocycles. The summed E-state index contributed by atoms with van der Waals surface area (Å²) in [6.45, 7) is 2.03. The molecule has 0 unspecified atom stereocenters. The van der Waals surface area contributed by atoms with Gasteiger partial charge >= 0.3 is 5.97 Å². The molecule has 6 nitrogen and oxygen atoms in total. The molecule has 1 aliphatic rings. The number of esters is 1. The Morgan fingerprint density at radius 1 is 1.00 bits per heavy atom. The van der Waals surface area contributed by atoms with Crippen molar-refractivity contribution in [2.45, 2.75) is 19.8 Å². The van der Waals surface area contributed by atoms with E-state index in [4.69, 9.17) is 16.3 Å². The Kier molecular flexibility index (Phi) is 5.46. The van der Waals surface area contributed by atoms with E-state index in [1.165, 1.54) is 0 Å². The zero-order valence-corrected chi connectivity index (χ0v) is 15.5. The molecule has 0 bridgehead atoms. The number of carbonyl (C=O) groups is 3. The maximum atomic E-state index is 12.6. The lowest BCUT2D eigenvalue weighted by atomic mass is 10.0. The predicted octanol–water partition coefficient (Wildman–Crippen LogP) is 3.87. The summed E-state index contributed by atoms with van der Waals surface area (Å²) in [5.74, 6) is -1.15. The standard InChI is InChI=1S/C20H19ClN2O4/c1-2-27-17(24)13-6-8-15(9-7-13)22-18(25)20(10-11-20)19(26)23-16-5-3-4-14(21)12-16/h3-9,12H,2,10-11H2,1H3,(H,22,25)(H,23,26). The van der Waals surface area contributed by atoms with Gasteiger partial charge < -0.3 is 15.4 Å². The molecule has 0 aliphatic heterocycles. The van der Waals surface area contributed by atoms with Crippen LogP contribution in [-0.4, -0.2) is 24.4 Å². The minimum atomic E-state index is -1.08. The lowest BCUT2D eigenvalue weighted by molar-refractivity contribution is -0.131. The van der Waals surface area contributed by atoms with Gasteiger partial charge in [0.25, 0.3) is 0 Å². The van der Waals surface area contributed by atoms with E-state index < -0.39 is 11.4 Å². The van der Waals surface area contributed by atoms with Gasteiger partial charge in [-0.3, -0.25) is 9.59 Å². The van der Waals surface area contributed by atoms with Crippen LogP contribution in [0.3, 0.4) is 0 Å². The van der Waals surface area contributed by atoms with Crippen molar-refractivity contribution < 1.29 is 19.1 Å². The number of ether oxygens (including phenoxy) is 1. The Bertz CT molecular complexity index is 876. The molecule has 0 aromatic heterocycles. The van der Waals surface area contributed by atoms with Crippen molar-refractivity contribution in [2.75, 3.05) is 17.2 Å². The van der Waals surface area contributed by atoms with Crippen molar-refractivity contribution in [1.29, 1.82) is 0 Å². The van der Waals surface area contributed by atoms with Crippen molar-refractivity contribution in [3.8, 4) is 0 Å². The first-order chi connectivity index (χ1) is 12.9. The van der Waals surface area contributed by atoms with Gasteiger partial charge in [0, 0.05) is 16.4 Å². The molecule has 2 amide bonds. The van der Waals surface area contributed by atoms with Crippen LogP contribution in [0.2, 0.25) is 5.02 Å². The van der Waals surface area contributed by atoms with Gasteiger partial charge in [0.2, 0.25) is 11.8 Å². The number of hydrogen-bond donors (Lipinski definition) is 2. The number of hydrogen-bond acceptors (Lipinski definition) is 4. The summed E-state index contributed by atoms with van der Waals surface area (Å²) < 4.78 is 4.92. The number of benzene rings is 2. The maximum absolute atomic E-state index is 12.6. The summed E-state index contributed by atoms with van der Waals surface area (Å²) in [4.78, 5) is 36.9. The molecule has 1 saturated carbocycles. The van der Waals surface area contributed by atoms with E-state index in [2.05, 4.69) is 10.6 Å². The molecule has 0 spiro atoms. The monoisotopic (exact) mass is 386 g/mol. The second-order valence-corrected chi connectivity index (χ2v) is 6.73. The van der Waals surface area contributed by atoms with Crippen molar-refractivity contribution in [3.05, 3.63) is 59.1 Å². The first kappa shape index (κ1) is 18.9. The van der Waals surface area contributed by atoms with Crippen LogP contribution in [-0.2, 0) is 14.3 Å². The molecule has 1 fully saturated rings. The SMILES string of the molecule is CCOC(=O)c1ccc(NC(=O)C2(C(=O)Nc3cccc(Cl)c3)CC2)cc1. The molecular weight excluding hydrogens is 368 g/mol. The quantitative estimate of drug-likeness (QED) is 0.583. The molecule has 0 radical (unpaired) electrons. The summed E-state index contributed by atoms with van der Waals surface area (Å²) in [7, 11) is 0. The van der Waals surface area contributed by atoms with Gasteiger partial charge in [-0.2, -0.15) is 0 Å². The minimum Gasteiger partial charge on any atom is -0.462 e. The second kappa shape index (κ2) is 7.80. The Morgan fingerprint density at radius 2 is 1.63 bits per heavy atom. The summed E-state index contributed by atoms with van der Waals surface area (Å²) in [6, 6.07) is 13.1. The number of halogens is 1. The van der Waals surface area contributed by atoms with Crippen LogP contribution in [0.25, 0.3) is 0 Å². The van der Waals surface area contributed by atoms with E-state index in [9.17, 15) is 14.4 Å². The van der Waals surface area contributed by atoms with Crippen LogP contribution in [0.1, 0.15) is 30.1 Å². The fraction of sp³-hybridized carbons (Fsp3) is 0.250. The molecular formula is C20H19ClN2O4. The van der Waals surface area contributed by atoms with Crippen molar-refractivity contribution in [3.63, 3.8) is 0 Å². The Labute approximate surface area is 161 Å². The van der Waals surface area contributed by atoms with Gasteiger partial charge in [-0.1, -0.05) is 17.7 Å². The molecule has 0 saturated heterocycles. The van der Waals surface area contributed by atoms with E-state index in [-0.39, 0.29) is 11.8 Å². The Balaban J connectivity index is 1.64. The first-order valence-electron chi connectivity index (χ1n) is 8.60. The van der Waals surface area contributed by atoms with Crippen LogP contribution in [0, 0.1) is 5.41 Å². The van der Waals surface area contributed by atoms with E-state index in [1.54, 1.807) is 55.5 Å². The number of anilines is 2. The van der Waals surface area contributed by atoms with Gasteiger partial charge in [0.1, 0.15) is 5.41 Å². The number of carbonyl (C=O) groups excluding carboxylic acids is 3. The van der Waals surface area contributed by atoms with E-state index in [0.29, 0.717) is 41.4 Å². The third-order valence-electron chi connectivity index (χ3n) is 4.36. The Hall–Kier alpha value is -2.86. The van der Waals surface area contributed by atoms with Gasteiger partial charge in [-0.25, -0.2) is 4.79 Å². The second-order valence-electron chi connectivity index (χ2n) is 6.30. The van der Waals surface area contributed by atoms with E-state index in [0.717, 1.165) is 0 Å². The molecule has 3 rings (SSSR count). The summed E-state index contributed by atoms with van der Waals surface area (Å²) in [5, 5.41) is 5.99. The summed E-state index contributed by atoms with van der Waals surface area (Å²) in [5.41, 5.74) is 0.372. The normalized spacial score (nSPS) is 14.1. The zero-order valence-electron chi connectivity index (χ0n) is 14.8. The highest BCUT2D eigenvalue weighted by Gasteiger charge is 2.56. The fourth-order valence-corrected chi connectivity index (χ4v) is 2.84. The highest BCUT2D eigenvalue weighted by Crippen LogP contribution is 2.47. The zero-order chi connectivity index (χ0) is 19.4. The van der Waals surface area contributed by atoms with Crippen molar-refractivity contribution >= 4 is 40.8 Å². The molecule has 140 valence electrons. The van der Waals surface area contributed by atoms with Crippen LogP contribution in [0.15, 0.2) is 48.5 Å². The number of nitrogens with one attached hydrogen (secondary N) is 2. The molecule has 2 N–H and O–H groups in total. The average molecular weight is 387 g/mol. The highest BCUT2D eigenvalue weighted by molar-refractivity contribution is 6.31. The minimum absolute atomic E-state index is 0.293. The third kappa shape index (κ3) is 4.28. The molecule has 2 aromatic rings. The first-order valence-corrected chi connectivity index (χ1v) is 8.98. The summed E-state index contributed by atoms with van der Waals surface area (Å²) >= 11 is 5.92. The van der Waals surface area contributed by atoms with Crippen LogP contribution < -0.4 is 10.6 Å². The fourth-order valence-electron chi connectivity index (χ4n) is 2.65. The lowest BCUT2D eigenvalue weighted by Crippen LogP contribution is -2.35. The highest BCUT2D eigenvalue weighted by atomic mass is 35.5. The summed E-state index contributed by atoms with van der Waals surface area (Å²) in [6.07, 6.45) is 0.957. The third-order valence-corrected chi connectivity index (χ3v) is 4.59. The predicted molar refractivity (Wildman–Crippen MR) is 103 cm³/mol. The smallest absolute Gasteiger partial charge is 0.338 e. The van der Waals surface area contributed by atoms with Crippen LogP contribution in [0.4, 0.5) is 11.4 Å². The number of rotatable bonds is 6. The Morgan fingerprint density at radius 3 is 2.19 bits per heavy atom. The van der Waals surface area contributed by atoms with Crippen LogP contribution in [0.5, 0.6) is 0 Å².